The number of likely N-dealkylation sites (N-methyl/N-ethyl adjacent to an activating group) is 1. The highest BCUT2D eigenvalue weighted by Gasteiger charge is 2.14. The van der Waals surface area contributed by atoms with Crippen molar-refractivity contribution in [3.8, 4) is 0 Å². The van der Waals surface area contributed by atoms with Crippen LogP contribution in [0.3, 0.4) is 0 Å². The van der Waals surface area contributed by atoms with Gasteiger partial charge >= 0.3 is 0 Å². The highest BCUT2D eigenvalue weighted by Crippen LogP contribution is 2.31. The summed E-state index contributed by atoms with van der Waals surface area (Å²) in [7, 11) is 4.11. The molecule has 0 atom stereocenters. The number of aryl methyl sites for hydroxylation is 3. The molecule has 1 N–H and O–H groups in total. The molecule has 2 aromatic rings. The van der Waals surface area contributed by atoms with Gasteiger partial charge in [-0.15, -0.1) is 0 Å². The van der Waals surface area contributed by atoms with Crippen LogP contribution in [0.4, 0.5) is 0 Å². The van der Waals surface area contributed by atoms with Crippen molar-refractivity contribution in [3.05, 3.63) is 34.0 Å². The van der Waals surface area contributed by atoms with Crippen molar-refractivity contribution in [2.75, 3.05) is 13.6 Å². The first-order valence-electron chi connectivity index (χ1n) is 5.95. The number of aromatic nitrogens is 1. The van der Waals surface area contributed by atoms with Crippen LogP contribution in [-0.4, -0.2) is 18.2 Å². The molecule has 0 saturated carbocycles. The minimum Gasteiger partial charge on any atom is -0.347 e. The lowest BCUT2D eigenvalue weighted by molar-refractivity contribution is 0.741. The van der Waals surface area contributed by atoms with Crippen molar-refractivity contribution in [2.45, 2.75) is 20.3 Å². The van der Waals surface area contributed by atoms with E-state index in [1.807, 2.05) is 13.1 Å². The second-order valence-corrected chi connectivity index (χ2v) is 4.96. The lowest BCUT2D eigenvalue weighted by Crippen LogP contribution is -2.13. The first kappa shape index (κ1) is 12.5. The molecule has 1 aromatic heterocycles. The van der Waals surface area contributed by atoms with E-state index >= 15 is 0 Å². The molecule has 3 heteroatoms. The Morgan fingerprint density at radius 2 is 1.94 bits per heavy atom. The van der Waals surface area contributed by atoms with E-state index in [-0.39, 0.29) is 0 Å². The van der Waals surface area contributed by atoms with Crippen LogP contribution in [0, 0.1) is 13.8 Å². The largest absolute Gasteiger partial charge is 0.347 e. The molecule has 0 aliphatic rings. The van der Waals surface area contributed by atoms with Gasteiger partial charge in [-0.2, -0.15) is 0 Å². The lowest BCUT2D eigenvalue weighted by Gasteiger charge is -2.07. The van der Waals surface area contributed by atoms with Gasteiger partial charge in [-0.3, -0.25) is 0 Å². The van der Waals surface area contributed by atoms with Gasteiger partial charge in [0.15, 0.2) is 0 Å². The predicted octanol–water partition coefficient (Wildman–Crippen LogP) is 3.21. The molecule has 0 aliphatic carbocycles. The van der Waals surface area contributed by atoms with Crippen LogP contribution in [0.15, 0.2) is 12.1 Å². The number of halogens is 1. The number of rotatable bonds is 3. The van der Waals surface area contributed by atoms with E-state index in [1.54, 1.807) is 0 Å². The Balaban J connectivity index is 2.67. The summed E-state index contributed by atoms with van der Waals surface area (Å²) < 4.78 is 2.28. The van der Waals surface area contributed by atoms with Crippen LogP contribution in [-0.2, 0) is 13.5 Å². The molecule has 0 radical (unpaired) electrons. The average Bonchev–Trinajstić information content (AvgIpc) is 2.55. The number of nitrogens with zero attached hydrogens (tertiary/aromatic N) is 1. The third kappa shape index (κ3) is 1.96. The standard InChI is InChI=1S/C14H19ClN2/c1-9-11-5-6-12(15)10(2)14(11)17(4)13(9)7-8-16-3/h5-6,16H,7-8H2,1-4H3. The van der Waals surface area contributed by atoms with E-state index in [4.69, 9.17) is 11.6 Å². The maximum Gasteiger partial charge on any atom is 0.0527 e. The van der Waals surface area contributed by atoms with Gasteiger partial charge in [0.2, 0.25) is 0 Å². The topological polar surface area (TPSA) is 17.0 Å². The van der Waals surface area contributed by atoms with E-state index in [2.05, 4.69) is 36.8 Å². The molecule has 0 unspecified atom stereocenters. The molecule has 17 heavy (non-hydrogen) atoms. The van der Waals surface area contributed by atoms with Crippen molar-refractivity contribution in [2.24, 2.45) is 7.05 Å². The van der Waals surface area contributed by atoms with Gasteiger partial charge in [0.05, 0.1) is 5.52 Å². The highest BCUT2D eigenvalue weighted by atomic mass is 35.5. The SMILES string of the molecule is CNCCc1c(C)c2ccc(Cl)c(C)c2n1C. The molecular formula is C14H19ClN2. The second-order valence-electron chi connectivity index (χ2n) is 4.55. The van der Waals surface area contributed by atoms with Gasteiger partial charge in [0.1, 0.15) is 0 Å². The van der Waals surface area contributed by atoms with Crippen molar-refractivity contribution in [3.63, 3.8) is 0 Å². The number of hydrogen-bond donors (Lipinski definition) is 1. The predicted molar refractivity (Wildman–Crippen MR) is 75.0 cm³/mol. The van der Waals surface area contributed by atoms with Crippen LogP contribution in [0.1, 0.15) is 16.8 Å². The number of fused-ring (bicyclic) bond motifs is 1. The maximum atomic E-state index is 6.20. The molecule has 2 rings (SSSR count). The molecule has 0 saturated heterocycles. The van der Waals surface area contributed by atoms with E-state index in [0.717, 1.165) is 18.0 Å². The summed E-state index contributed by atoms with van der Waals surface area (Å²) in [6, 6.07) is 4.12. The molecule has 0 fully saturated rings. The fourth-order valence-corrected chi connectivity index (χ4v) is 2.70. The van der Waals surface area contributed by atoms with Gasteiger partial charge in [-0.05, 0) is 38.1 Å². The van der Waals surface area contributed by atoms with Crippen molar-refractivity contribution >= 4 is 22.5 Å². The quantitative estimate of drug-likeness (QED) is 0.885. The molecular weight excluding hydrogens is 232 g/mol. The minimum atomic E-state index is 0.846. The Kier molecular flexibility index (Phi) is 3.45. The van der Waals surface area contributed by atoms with E-state index in [1.165, 1.54) is 27.7 Å². The maximum absolute atomic E-state index is 6.20. The van der Waals surface area contributed by atoms with E-state index in [9.17, 15) is 0 Å². The minimum absolute atomic E-state index is 0.846. The van der Waals surface area contributed by atoms with Crippen molar-refractivity contribution in [1.29, 1.82) is 0 Å². The van der Waals surface area contributed by atoms with E-state index < -0.39 is 0 Å². The highest BCUT2D eigenvalue weighted by molar-refractivity contribution is 6.32. The molecule has 0 bridgehead atoms. The molecule has 2 nitrogen and oxygen atoms in total. The number of benzene rings is 1. The Bertz CT molecular complexity index is 555. The Labute approximate surface area is 108 Å². The normalized spacial score (nSPS) is 11.4. The molecule has 0 aliphatic heterocycles. The van der Waals surface area contributed by atoms with Gasteiger partial charge in [-0.1, -0.05) is 17.7 Å². The molecule has 92 valence electrons. The molecule has 0 spiro atoms. The van der Waals surface area contributed by atoms with Gasteiger partial charge in [-0.25, -0.2) is 0 Å². The lowest BCUT2D eigenvalue weighted by atomic mass is 10.1. The summed E-state index contributed by atoms with van der Waals surface area (Å²) in [6.45, 7) is 5.28. The van der Waals surface area contributed by atoms with Gasteiger partial charge < -0.3 is 9.88 Å². The molecule has 1 aromatic carbocycles. The number of nitrogens with one attached hydrogen (secondary N) is 1. The first-order chi connectivity index (χ1) is 8.07. The summed E-state index contributed by atoms with van der Waals surface area (Å²) in [4.78, 5) is 0. The number of hydrogen-bond acceptors (Lipinski definition) is 1. The van der Waals surface area contributed by atoms with Crippen LogP contribution in [0.25, 0.3) is 10.9 Å². The smallest absolute Gasteiger partial charge is 0.0527 e. The summed E-state index contributed by atoms with van der Waals surface area (Å²) in [5, 5.41) is 5.37. The zero-order valence-electron chi connectivity index (χ0n) is 10.9. The second kappa shape index (κ2) is 4.71. The van der Waals surface area contributed by atoms with Crippen LogP contribution in [0.5, 0.6) is 0 Å². The fraction of sp³-hybridized carbons (Fsp3) is 0.429. The Hall–Kier alpha value is -0.990. The third-order valence-corrected chi connectivity index (χ3v) is 3.96. The zero-order valence-corrected chi connectivity index (χ0v) is 11.7. The van der Waals surface area contributed by atoms with Crippen molar-refractivity contribution in [1.82, 2.24) is 9.88 Å². The molecule has 0 amide bonds. The summed E-state index contributed by atoms with van der Waals surface area (Å²) in [5.41, 5.74) is 5.20. The zero-order chi connectivity index (χ0) is 12.6. The first-order valence-corrected chi connectivity index (χ1v) is 6.33. The van der Waals surface area contributed by atoms with E-state index in [0.29, 0.717) is 0 Å². The Morgan fingerprint density at radius 1 is 1.24 bits per heavy atom. The molecule has 1 heterocycles. The summed E-state index contributed by atoms with van der Waals surface area (Å²) in [5.74, 6) is 0. The third-order valence-electron chi connectivity index (χ3n) is 3.55. The van der Waals surface area contributed by atoms with Crippen LogP contribution >= 0.6 is 11.6 Å². The fourth-order valence-electron chi connectivity index (χ4n) is 2.55. The van der Waals surface area contributed by atoms with Crippen LogP contribution < -0.4 is 5.32 Å². The van der Waals surface area contributed by atoms with Crippen molar-refractivity contribution < 1.29 is 0 Å². The summed E-state index contributed by atoms with van der Waals surface area (Å²) in [6.07, 6.45) is 1.05. The van der Waals surface area contributed by atoms with Gasteiger partial charge in [0, 0.05) is 36.1 Å². The van der Waals surface area contributed by atoms with Gasteiger partial charge in [0.25, 0.3) is 0 Å². The monoisotopic (exact) mass is 250 g/mol. The summed E-state index contributed by atoms with van der Waals surface area (Å²) >= 11 is 6.20. The average molecular weight is 251 g/mol. The Morgan fingerprint density at radius 3 is 2.59 bits per heavy atom. The van der Waals surface area contributed by atoms with Crippen LogP contribution in [0.2, 0.25) is 5.02 Å².